The fraction of sp³-hybridized carbons (Fsp3) is 0.545. The SMILES string of the molecule is NCc1ccncc1N1CCC(CO)C1. The Morgan fingerprint density at radius 1 is 1.60 bits per heavy atom. The van der Waals surface area contributed by atoms with E-state index in [9.17, 15) is 0 Å². The minimum atomic E-state index is 0.273. The third kappa shape index (κ3) is 2.11. The molecule has 2 rings (SSSR count). The number of nitrogens with two attached hydrogens (primary N) is 1. The molecule has 1 unspecified atom stereocenters. The van der Waals surface area contributed by atoms with Gasteiger partial charge in [-0.1, -0.05) is 0 Å². The molecule has 4 nitrogen and oxygen atoms in total. The van der Waals surface area contributed by atoms with Crippen LogP contribution >= 0.6 is 0 Å². The zero-order valence-electron chi connectivity index (χ0n) is 8.76. The van der Waals surface area contributed by atoms with Crippen LogP contribution in [-0.2, 0) is 6.54 Å². The van der Waals surface area contributed by atoms with E-state index in [-0.39, 0.29) is 6.61 Å². The Balaban J connectivity index is 2.16. The lowest BCUT2D eigenvalue weighted by Crippen LogP contribution is -2.22. The maximum Gasteiger partial charge on any atom is 0.0598 e. The van der Waals surface area contributed by atoms with Crippen LogP contribution in [0.5, 0.6) is 0 Å². The molecule has 1 aliphatic rings. The fourth-order valence-electron chi connectivity index (χ4n) is 2.07. The van der Waals surface area contributed by atoms with Gasteiger partial charge in [0.1, 0.15) is 0 Å². The molecule has 3 N–H and O–H groups in total. The van der Waals surface area contributed by atoms with E-state index in [1.165, 1.54) is 0 Å². The fourth-order valence-corrected chi connectivity index (χ4v) is 2.07. The lowest BCUT2D eigenvalue weighted by Gasteiger charge is -2.20. The van der Waals surface area contributed by atoms with Crippen LogP contribution in [0.2, 0.25) is 0 Å². The van der Waals surface area contributed by atoms with Crippen LogP contribution in [0.3, 0.4) is 0 Å². The first kappa shape index (κ1) is 10.4. The van der Waals surface area contributed by atoms with Gasteiger partial charge in [0.2, 0.25) is 0 Å². The predicted molar refractivity (Wildman–Crippen MR) is 59.5 cm³/mol. The maximum atomic E-state index is 9.09. The van der Waals surface area contributed by atoms with E-state index >= 15 is 0 Å². The van der Waals surface area contributed by atoms with Crippen molar-refractivity contribution in [3.8, 4) is 0 Å². The summed E-state index contributed by atoms with van der Waals surface area (Å²) >= 11 is 0. The first-order valence-corrected chi connectivity index (χ1v) is 5.34. The van der Waals surface area contributed by atoms with E-state index in [1.54, 1.807) is 6.20 Å². The molecule has 1 fully saturated rings. The minimum absolute atomic E-state index is 0.273. The largest absolute Gasteiger partial charge is 0.396 e. The average Bonchev–Trinajstić information content (AvgIpc) is 2.77. The average molecular weight is 207 g/mol. The van der Waals surface area contributed by atoms with E-state index in [0.29, 0.717) is 12.5 Å². The molecule has 0 saturated carbocycles. The van der Waals surface area contributed by atoms with Gasteiger partial charge in [0.05, 0.1) is 11.9 Å². The molecule has 1 saturated heterocycles. The van der Waals surface area contributed by atoms with Gasteiger partial charge >= 0.3 is 0 Å². The molecule has 1 atom stereocenters. The van der Waals surface area contributed by atoms with Crippen molar-refractivity contribution in [3.63, 3.8) is 0 Å². The number of hydrogen-bond donors (Lipinski definition) is 2. The van der Waals surface area contributed by atoms with Crippen LogP contribution in [0.1, 0.15) is 12.0 Å². The van der Waals surface area contributed by atoms with E-state index in [2.05, 4.69) is 9.88 Å². The van der Waals surface area contributed by atoms with Crippen molar-refractivity contribution < 1.29 is 5.11 Å². The Kier molecular flexibility index (Phi) is 3.18. The molecule has 1 aromatic heterocycles. The number of aliphatic hydroxyl groups excluding tert-OH is 1. The second-order valence-electron chi connectivity index (χ2n) is 3.99. The summed E-state index contributed by atoms with van der Waals surface area (Å²) in [4.78, 5) is 6.39. The summed E-state index contributed by atoms with van der Waals surface area (Å²) in [6.07, 6.45) is 4.68. The zero-order chi connectivity index (χ0) is 10.7. The smallest absolute Gasteiger partial charge is 0.0598 e. The van der Waals surface area contributed by atoms with Crippen LogP contribution < -0.4 is 10.6 Å². The van der Waals surface area contributed by atoms with E-state index < -0.39 is 0 Å². The second-order valence-corrected chi connectivity index (χ2v) is 3.99. The number of anilines is 1. The van der Waals surface area contributed by atoms with Crippen LogP contribution in [0.15, 0.2) is 18.5 Å². The third-order valence-electron chi connectivity index (χ3n) is 2.99. The van der Waals surface area contributed by atoms with E-state index in [4.69, 9.17) is 10.8 Å². The Bertz CT molecular complexity index is 329. The van der Waals surface area contributed by atoms with Gasteiger partial charge in [-0.15, -0.1) is 0 Å². The highest BCUT2D eigenvalue weighted by Gasteiger charge is 2.23. The topological polar surface area (TPSA) is 62.4 Å². The van der Waals surface area contributed by atoms with Crippen molar-refractivity contribution in [3.05, 3.63) is 24.0 Å². The summed E-state index contributed by atoms with van der Waals surface area (Å²) in [5.74, 6) is 0.399. The second kappa shape index (κ2) is 4.59. The third-order valence-corrected chi connectivity index (χ3v) is 2.99. The van der Waals surface area contributed by atoms with Crippen LogP contribution in [-0.4, -0.2) is 29.8 Å². The van der Waals surface area contributed by atoms with Crippen molar-refractivity contribution in [2.45, 2.75) is 13.0 Å². The Labute approximate surface area is 89.7 Å². The highest BCUT2D eigenvalue weighted by molar-refractivity contribution is 5.52. The standard InChI is InChI=1S/C11H17N3O/c12-5-10-1-3-13-6-11(10)14-4-2-9(7-14)8-15/h1,3,6,9,15H,2,4-5,7-8,12H2. The molecule has 0 radical (unpaired) electrons. The van der Waals surface area contributed by atoms with Crippen LogP contribution in [0, 0.1) is 5.92 Å². The van der Waals surface area contributed by atoms with Crippen LogP contribution in [0.25, 0.3) is 0 Å². The van der Waals surface area contributed by atoms with Crippen LogP contribution in [0.4, 0.5) is 5.69 Å². The number of rotatable bonds is 3. The molecule has 1 aromatic rings. The number of hydrogen-bond acceptors (Lipinski definition) is 4. The highest BCUT2D eigenvalue weighted by Crippen LogP contribution is 2.25. The summed E-state index contributed by atoms with van der Waals surface area (Å²) in [5, 5.41) is 9.09. The molecule has 0 spiro atoms. The number of aromatic nitrogens is 1. The molecule has 0 aliphatic carbocycles. The van der Waals surface area contributed by atoms with Crippen molar-refractivity contribution in [2.75, 3.05) is 24.6 Å². The monoisotopic (exact) mass is 207 g/mol. The molecule has 0 bridgehead atoms. The molecule has 4 heteroatoms. The van der Waals surface area contributed by atoms with Gasteiger partial charge < -0.3 is 15.7 Å². The Hall–Kier alpha value is -1.13. The van der Waals surface area contributed by atoms with Crippen molar-refractivity contribution in [1.82, 2.24) is 4.98 Å². The summed E-state index contributed by atoms with van der Waals surface area (Å²) in [6, 6.07) is 1.96. The number of aliphatic hydroxyl groups is 1. The highest BCUT2D eigenvalue weighted by atomic mass is 16.3. The van der Waals surface area contributed by atoms with E-state index in [0.717, 1.165) is 30.8 Å². The zero-order valence-corrected chi connectivity index (χ0v) is 8.76. The van der Waals surface area contributed by atoms with E-state index in [1.807, 2.05) is 12.3 Å². The lowest BCUT2D eigenvalue weighted by atomic mass is 10.1. The predicted octanol–water partition coefficient (Wildman–Crippen LogP) is 0.359. The molecular weight excluding hydrogens is 190 g/mol. The quantitative estimate of drug-likeness (QED) is 0.751. The summed E-state index contributed by atoms with van der Waals surface area (Å²) in [7, 11) is 0. The normalized spacial score (nSPS) is 20.9. The van der Waals surface area contributed by atoms with Crippen molar-refractivity contribution in [1.29, 1.82) is 0 Å². The van der Waals surface area contributed by atoms with Gasteiger partial charge in [-0.2, -0.15) is 0 Å². The number of pyridine rings is 1. The summed E-state index contributed by atoms with van der Waals surface area (Å²) in [5.41, 5.74) is 7.93. The first-order chi connectivity index (χ1) is 7.35. The number of nitrogens with zero attached hydrogens (tertiary/aromatic N) is 2. The molecule has 0 aromatic carbocycles. The van der Waals surface area contributed by atoms with Gasteiger partial charge in [-0.25, -0.2) is 0 Å². The molecule has 2 heterocycles. The van der Waals surface area contributed by atoms with Gasteiger partial charge in [-0.3, -0.25) is 4.98 Å². The first-order valence-electron chi connectivity index (χ1n) is 5.34. The Morgan fingerprint density at radius 2 is 2.47 bits per heavy atom. The van der Waals surface area contributed by atoms with Crippen molar-refractivity contribution >= 4 is 5.69 Å². The molecular formula is C11H17N3O. The summed E-state index contributed by atoms with van der Waals surface area (Å²) in [6.45, 7) is 2.71. The van der Waals surface area contributed by atoms with Gasteiger partial charge in [0, 0.05) is 38.4 Å². The molecule has 1 aliphatic heterocycles. The van der Waals surface area contributed by atoms with Gasteiger partial charge in [-0.05, 0) is 18.1 Å². The molecule has 0 amide bonds. The van der Waals surface area contributed by atoms with Gasteiger partial charge in [0.25, 0.3) is 0 Å². The Morgan fingerprint density at radius 3 is 3.13 bits per heavy atom. The summed E-state index contributed by atoms with van der Waals surface area (Å²) < 4.78 is 0. The molecule has 15 heavy (non-hydrogen) atoms. The van der Waals surface area contributed by atoms with Crippen molar-refractivity contribution in [2.24, 2.45) is 11.7 Å². The minimum Gasteiger partial charge on any atom is -0.396 e. The molecule has 82 valence electrons. The van der Waals surface area contributed by atoms with Gasteiger partial charge in [0.15, 0.2) is 0 Å². The lowest BCUT2D eigenvalue weighted by molar-refractivity contribution is 0.238. The maximum absolute atomic E-state index is 9.09.